The van der Waals surface area contributed by atoms with Gasteiger partial charge in [-0.15, -0.1) is 11.3 Å². The summed E-state index contributed by atoms with van der Waals surface area (Å²) in [7, 11) is 0. The Hall–Kier alpha value is -1.39. The van der Waals surface area contributed by atoms with E-state index in [1.165, 1.54) is 4.88 Å². The molecule has 2 aromatic rings. The SMILES string of the molecule is CCC(=O)N1CCc2nc(-c3cccc(Cl)c3)sc2C1. The standard InChI is InChI=1S/C15H15ClN2OS/c1-2-14(19)18-7-6-12-13(9-18)20-15(17-12)10-4-3-5-11(16)8-10/h3-5,8H,2,6-7,9H2,1H3. The fourth-order valence-electron chi connectivity index (χ4n) is 2.38. The topological polar surface area (TPSA) is 33.2 Å². The van der Waals surface area contributed by atoms with Gasteiger partial charge in [0.1, 0.15) is 5.01 Å². The zero-order valence-electron chi connectivity index (χ0n) is 11.2. The van der Waals surface area contributed by atoms with E-state index in [9.17, 15) is 4.79 Å². The molecule has 1 amide bonds. The second-order valence-electron chi connectivity index (χ2n) is 4.82. The van der Waals surface area contributed by atoms with Crippen molar-refractivity contribution in [2.75, 3.05) is 6.54 Å². The molecular formula is C15H15ClN2OS. The van der Waals surface area contributed by atoms with Crippen molar-refractivity contribution in [1.29, 1.82) is 0 Å². The molecule has 0 fully saturated rings. The lowest BCUT2D eigenvalue weighted by molar-refractivity contribution is -0.131. The van der Waals surface area contributed by atoms with Crippen LogP contribution in [0, 0.1) is 0 Å². The highest BCUT2D eigenvalue weighted by molar-refractivity contribution is 7.15. The lowest BCUT2D eigenvalue weighted by Crippen LogP contribution is -2.34. The minimum absolute atomic E-state index is 0.216. The predicted molar refractivity (Wildman–Crippen MR) is 82.0 cm³/mol. The number of carbonyl (C=O) groups excluding carboxylic acids is 1. The first-order chi connectivity index (χ1) is 9.67. The summed E-state index contributed by atoms with van der Waals surface area (Å²) in [6, 6.07) is 7.75. The molecule has 1 aromatic heterocycles. The number of rotatable bonds is 2. The highest BCUT2D eigenvalue weighted by Gasteiger charge is 2.23. The first-order valence-electron chi connectivity index (χ1n) is 6.69. The Balaban J connectivity index is 1.89. The number of amides is 1. The van der Waals surface area contributed by atoms with E-state index in [-0.39, 0.29) is 5.91 Å². The first-order valence-corrected chi connectivity index (χ1v) is 7.89. The van der Waals surface area contributed by atoms with Crippen LogP contribution in [0.5, 0.6) is 0 Å². The molecule has 0 unspecified atom stereocenters. The molecule has 0 atom stereocenters. The van der Waals surface area contributed by atoms with Crippen LogP contribution in [-0.4, -0.2) is 22.3 Å². The van der Waals surface area contributed by atoms with Crippen LogP contribution in [0.3, 0.4) is 0 Å². The van der Waals surface area contributed by atoms with Crippen molar-refractivity contribution >= 4 is 28.8 Å². The van der Waals surface area contributed by atoms with Crippen LogP contribution in [0.2, 0.25) is 5.02 Å². The van der Waals surface area contributed by atoms with E-state index >= 15 is 0 Å². The van der Waals surface area contributed by atoms with Gasteiger partial charge in [0.05, 0.1) is 12.2 Å². The molecule has 1 aliphatic heterocycles. The van der Waals surface area contributed by atoms with Gasteiger partial charge in [0.25, 0.3) is 0 Å². The summed E-state index contributed by atoms with van der Waals surface area (Å²) >= 11 is 7.69. The number of hydrogen-bond acceptors (Lipinski definition) is 3. The molecule has 5 heteroatoms. The van der Waals surface area contributed by atoms with E-state index < -0.39 is 0 Å². The van der Waals surface area contributed by atoms with Gasteiger partial charge in [0.2, 0.25) is 5.91 Å². The quantitative estimate of drug-likeness (QED) is 0.846. The number of fused-ring (bicyclic) bond motifs is 1. The van der Waals surface area contributed by atoms with Crippen LogP contribution in [-0.2, 0) is 17.8 Å². The number of halogens is 1. The third-order valence-electron chi connectivity index (χ3n) is 3.46. The summed E-state index contributed by atoms with van der Waals surface area (Å²) in [4.78, 5) is 19.6. The Morgan fingerprint density at radius 3 is 3.10 bits per heavy atom. The lowest BCUT2D eigenvalue weighted by atomic mass is 10.1. The second-order valence-corrected chi connectivity index (χ2v) is 6.34. The summed E-state index contributed by atoms with van der Waals surface area (Å²) < 4.78 is 0. The molecule has 104 valence electrons. The molecule has 2 heterocycles. The van der Waals surface area contributed by atoms with E-state index in [1.807, 2.05) is 36.1 Å². The van der Waals surface area contributed by atoms with Crippen molar-refractivity contribution in [2.24, 2.45) is 0 Å². The molecule has 0 N–H and O–H groups in total. The third kappa shape index (κ3) is 2.58. The molecule has 20 heavy (non-hydrogen) atoms. The normalized spacial score (nSPS) is 14.2. The number of hydrogen-bond donors (Lipinski definition) is 0. The molecule has 3 nitrogen and oxygen atoms in total. The third-order valence-corrected chi connectivity index (χ3v) is 4.82. The molecule has 3 rings (SSSR count). The summed E-state index contributed by atoms with van der Waals surface area (Å²) in [6.45, 7) is 3.38. The number of benzene rings is 1. The fraction of sp³-hybridized carbons (Fsp3) is 0.333. The minimum Gasteiger partial charge on any atom is -0.337 e. The predicted octanol–water partition coefficient (Wildman–Crippen LogP) is 3.76. The molecule has 0 saturated heterocycles. The van der Waals surface area contributed by atoms with Crippen LogP contribution in [0.1, 0.15) is 23.9 Å². The highest BCUT2D eigenvalue weighted by Crippen LogP contribution is 2.32. The van der Waals surface area contributed by atoms with Gasteiger partial charge in [-0.3, -0.25) is 4.79 Å². The maximum atomic E-state index is 11.8. The molecule has 0 aliphatic carbocycles. The van der Waals surface area contributed by atoms with Crippen molar-refractivity contribution in [3.63, 3.8) is 0 Å². The van der Waals surface area contributed by atoms with Crippen LogP contribution in [0.25, 0.3) is 10.6 Å². The highest BCUT2D eigenvalue weighted by atomic mass is 35.5. The second kappa shape index (κ2) is 5.54. The number of aromatic nitrogens is 1. The Morgan fingerprint density at radius 1 is 1.50 bits per heavy atom. The molecule has 0 spiro atoms. The molecular weight excluding hydrogens is 292 g/mol. The zero-order valence-corrected chi connectivity index (χ0v) is 12.8. The lowest BCUT2D eigenvalue weighted by Gasteiger charge is -2.25. The fourth-order valence-corrected chi connectivity index (χ4v) is 3.69. The van der Waals surface area contributed by atoms with Gasteiger partial charge in [0.15, 0.2) is 0 Å². The Labute approximate surface area is 127 Å². The summed E-state index contributed by atoms with van der Waals surface area (Å²) in [5, 5.41) is 1.71. The van der Waals surface area contributed by atoms with E-state index in [0.717, 1.165) is 34.3 Å². The van der Waals surface area contributed by atoms with Gasteiger partial charge in [-0.25, -0.2) is 4.98 Å². The van der Waals surface area contributed by atoms with E-state index in [0.29, 0.717) is 13.0 Å². The Kier molecular flexibility index (Phi) is 3.76. The molecule has 1 aliphatic rings. The van der Waals surface area contributed by atoms with Crippen molar-refractivity contribution in [3.05, 3.63) is 39.9 Å². The summed E-state index contributed by atoms with van der Waals surface area (Å²) in [5.41, 5.74) is 2.18. The average Bonchev–Trinajstić information content (AvgIpc) is 2.89. The number of thiazole rings is 1. The maximum absolute atomic E-state index is 11.8. The molecule has 0 saturated carbocycles. The van der Waals surface area contributed by atoms with Crippen molar-refractivity contribution in [2.45, 2.75) is 26.3 Å². The average molecular weight is 307 g/mol. The largest absolute Gasteiger partial charge is 0.337 e. The molecule has 0 bridgehead atoms. The minimum atomic E-state index is 0.216. The smallest absolute Gasteiger partial charge is 0.222 e. The molecule has 1 aromatic carbocycles. The first kappa shape index (κ1) is 13.6. The monoisotopic (exact) mass is 306 g/mol. The van der Waals surface area contributed by atoms with E-state index in [1.54, 1.807) is 11.3 Å². The van der Waals surface area contributed by atoms with Crippen molar-refractivity contribution in [3.8, 4) is 10.6 Å². The van der Waals surface area contributed by atoms with Crippen LogP contribution in [0.4, 0.5) is 0 Å². The van der Waals surface area contributed by atoms with Crippen LogP contribution >= 0.6 is 22.9 Å². The van der Waals surface area contributed by atoms with Gasteiger partial charge >= 0.3 is 0 Å². The van der Waals surface area contributed by atoms with Gasteiger partial charge in [-0.05, 0) is 12.1 Å². The Bertz CT molecular complexity index is 653. The van der Waals surface area contributed by atoms with Gasteiger partial charge < -0.3 is 4.90 Å². The van der Waals surface area contributed by atoms with Crippen molar-refractivity contribution < 1.29 is 4.79 Å². The summed E-state index contributed by atoms with van der Waals surface area (Å²) in [5.74, 6) is 0.216. The summed E-state index contributed by atoms with van der Waals surface area (Å²) in [6.07, 6.45) is 1.41. The van der Waals surface area contributed by atoms with Gasteiger partial charge in [-0.1, -0.05) is 30.7 Å². The zero-order chi connectivity index (χ0) is 14.1. The van der Waals surface area contributed by atoms with Crippen LogP contribution < -0.4 is 0 Å². The number of nitrogens with zero attached hydrogens (tertiary/aromatic N) is 2. The van der Waals surface area contributed by atoms with Crippen molar-refractivity contribution in [1.82, 2.24) is 9.88 Å². The van der Waals surface area contributed by atoms with Gasteiger partial charge in [0, 0.05) is 34.8 Å². The molecule has 0 radical (unpaired) electrons. The van der Waals surface area contributed by atoms with Crippen LogP contribution in [0.15, 0.2) is 24.3 Å². The maximum Gasteiger partial charge on any atom is 0.222 e. The van der Waals surface area contributed by atoms with E-state index in [2.05, 4.69) is 0 Å². The Morgan fingerprint density at radius 2 is 2.35 bits per heavy atom. The number of carbonyl (C=O) groups is 1. The van der Waals surface area contributed by atoms with Gasteiger partial charge in [-0.2, -0.15) is 0 Å². The van der Waals surface area contributed by atoms with E-state index in [4.69, 9.17) is 16.6 Å².